The molecule has 0 bridgehead atoms. The first-order valence-corrected chi connectivity index (χ1v) is 10.1. The molecular formula is C24H21N5O3. The number of carbonyl (C=O) groups excluding carboxylic acids is 1. The molecule has 0 fully saturated rings. The van der Waals surface area contributed by atoms with Gasteiger partial charge in [-0.15, -0.1) is 5.10 Å². The van der Waals surface area contributed by atoms with Crippen molar-refractivity contribution >= 4 is 17.5 Å². The van der Waals surface area contributed by atoms with Crippen LogP contribution in [0.2, 0.25) is 0 Å². The van der Waals surface area contributed by atoms with Crippen LogP contribution >= 0.6 is 0 Å². The van der Waals surface area contributed by atoms with Gasteiger partial charge in [0.15, 0.2) is 5.76 Å². The van der Waals surface area contributed by atoms with Gasteiger partial charge in [-0.05, 0) is 37.3 Å². The Hall–Kier alpha value is -4.33. The molecule has 2 N–H and O–H groups in total. The largest absolute Gasteiger partial charge is 0.496 e. The lowest BCUT2D eigenvalue weighted by Gasteiger charge is -2.29. The quantitative estimate of drug-likeness (QED) is 0.488. The van der Waals surface area contributed by atoms with Gasteiger partial charge in [0, 0.05) is 16.9 Å². The molecule has 1 aliphatic heterocycles. The summed E-state index contributed by atoms with van der Waals surface area (Å²) >= 11 is 0. The molecule has 5 rings (SSSR count). The van der Waals surface area contributed by atoms with E-state index >= 15 is 0 Å². The van der Waals surface area contributed by atoms with Crippen molar-refractivity contribution in [2.75, 3.05) is 17.7 Å². The number of fused-ring (bicyclic) bond motifs is 1. The zero-order valence-corrected chi connectivity index (χ0v) is 17.6. The van der Waals surface area contributed by atoms with Gasteiger partial charge in [-0.2, -0.15) is 4.98 Å². The van der Waals surface area contributed by atoms with Crippen LogP contribution in [-0.2, 0) is 4.79 Å². The fourth-order valence-corrected chi connectivity index (χ4v) is 3.86. The zero-order valence-electron chi connectivity index (χ0n) is 17.6. The Morgan fingerprint density at radius 1 is 1.09 bits per heavy atom. The SMILES string of the molecule is COc1ccccc1C1C(C(=O)Nc2ccccc2)=C(C)Nc2nc(-c3ccco3)nn21. The predicted molar refractivity (Wildman–Crippen MR) is 120 cm³/mol. The third kappa shape index (κ3) is 3.41. The summed E-state index contributed by atoms with van der Waals surface area (Å²) in [5.41, 5.74) is 2.70. The van der Waals surface area contributed by atoms with Crippen molar-refractivity contribution in [3.8, 4) is 17.3 Å². The topological polar surface area (TPSA) is 94.2 Å². The molecule has 0 saturated carbocycles. The molecule has 0 aliphatic carbocycles. The summed E-state index contributed by atoms with van der Waals surface area (Å²) in [4.78, 5) is 18.1. The normalized spacial score (nSPS) is 15.1. The van der Waals surface area contributed by atoms with Crippen LogP contribution in [-0.4, -0.2) is 27.8 Å². The van der Waals surface area contributed by atoms with Crippen molar-refractivity contribution in [3.63, 3.8) is 0 Å². The van der Waals surface area contributed by atoms with Gasteiger partial charge in [0.2, 0.25) is 11.8 Å². The van der Waals surface area contributed by atoms with Gasteiger partial charge in [-0.25, -0.2) is 4.68 Å². The molecular weight excluding hydrogens is 406 g/mol. The van der Waals surface area contributed by atoms with Crippen LogP contribution in [0.3, 0.4) is 0 Å². The second-order valence-electron chi connectivity index (χ2n) is 7.31. The Morgan fingerprint density at radius 3 is 2.62 bits per heavy atom. The highest BCUT2D eigenvalue weighted by Gasteiger charge is 2.36. The maximum Gasteiger partial charge on any atom is 0.255 e. The number of nitrogens with one attached hydrogen (secondary N) is 2. The van der Waals surface area contributed by atoms with E-state index in [0.29, 0.717) is 40.2 Å². The average molecular weight is 427 g/mol. The number of ether oxygens (including phenoxy) is 1. The second-order valence-corrected chi connectivity index (χ2v) is 7.31. The average Bonchev–Trinajstić information content (AvgIpc) is 3.48. The van der Waals surface area contributed by atoms with E-state index in [0.717, 1.165) is 5.56 Å². The molecule has 2 aromatic carbocycles. The highest BCUT2D eigenvalue weighted by molar-refractivity contribution is 6.06. The van der Waals surface area contributed by atoms with E-state index < -0.39 is 6.04 Å². The Morgan fingerprint density at radius 2 is 1.88 bits per heavy atom. The Kier molecular flexibility index (Phi) is 4.95. The molecule has 0 radical (unpaired) electrons. The first kappa shape index (κ1) is 19.6. The summed E-state index contributed by atoms with van der Waals surface area (Å²) in [5.74, 6) is 1.90. The number of allylic oxidation sites excluding steroid dienone is 1. The number of hydrogen-bond donors (Lipinski definition) is 2. The van der Waals surface area contributed by atoms with E-state index in [-0.39, 0.29) is 5.91 Å². The summed E-state index contributed by atoms with van der Waals surface area (Å²) in [6.45, 7) is 1.85. The summed E-state index contributed by atoms with van der Waals surface area (Å²) in [5, 5.41) is 10.9. The molecule has 32 heavy (non-hydrogen) atoms. The van der Waals surface area contributed by atoms with Crippen molar-refractivity contribution in [2.45, 2.75) is 13.0 Å². The molecule has 1 amide bonds. The number of rotatable bonds is 5. The van der Waals surface area contributed by atoms with Crippen molar-refractivity contribution in [1.29, 1.82) is 0 Å². The lowest BCUT2D eigenvalue weighted by molar-refractivity contribution is -0.113. The minimum Gasteiger partial charge on any atom is -0.496 e. The number of benzene rings is 2. The van der Waals surface area contributed by atoms with Crippen LogP contribution in [0.5, 0.6) is 5.75 Å². The van der Waals surface area contributed by atoms with Crippen LogP contribution in [0.1, 0.15) is 18.5 Å². The number of aromatic nitrogens is 3. The van der Waals surface area contributed by atoms with Gasteiger partial charge < -0.3 is 19.8 Å². The van der Waals surface area contributed by atoms with Gasteiger partial charge in [-0.1, -0.05) is 36.4 Å². The maximum atomic E-state index is 13.5. The van der Waals surface area contributed by atoms with Gasteiger partial charge in [0.1, 0.15) is 11.8 Å². The number of nitrogens with zero attached hydrogens (tertiary/aromatic N) is 3. The lowest BCUT2D eigenvalue weighted by Crippen LogP contribution is -2.31. The van der Waals surface area contributed by atoms with Crippen LogP contribution in [0.25, 0.3) is 11.6 Å². The molecule has 1 atom stereocenters. The molecule has 2 aromatic heterocycles. The molecule has 0 spiro atoms. The third-order valence-electron chi connectivity index (χ3n) is 5.30. The van der Waals surface area contributed by atoms with E-state index in [1.165, 1.54) is 0 Å². The minimum atomic E-state index is -0.553. The van der Waals surface area contributed by atoms with Gasteiger partial charge in [-0.3, -0.25) is 4.79 Å². The minimum absolute atomic E-state index is 0.238. The number of para-hydroxylation sites is 2. The Labute approximate surface area is 184 Å². The van der Waals surface area contributed by atoms with Gasteiger partial charge >= 0.3 is 0 Å². The van der Waals surface area contributed by atoms with Crippen molar-refractivity contribution in [3.05, 3.63) is 89.8 Å². The fraction of sp³-hybridized carbons (Fsp3) is 0.125. The number of methoxy groups -OCH3 is 1. The van der Waals surface area contributed by atoms with Crippen LogP contribution in [0.4, 0.5) is 11.6 Å². The van der Waals surface area contributed by atoms with E-state index in [2.05, 4.69) is 20.7 Å². The smallest absolute Gasteiger partial charge is 0.255 e. The lowest BCUT2D eigenvalue weighted by atomic mass is 9.94. The van der Waals surface area contributed by atoms with Crippen molar-refractivity contribution < 1.29 is 13.9 Å². The van der Waals surface area contributed by atoms with E-state index in [9.17, 15) is 4.79 Å². The monoisotopic (exact) mass is 427 g/mol. The van der Waals surface area contributed by atoms with E-state index in [1.54, 1.807) is 30.2 Å². The summed E-state index contributed by atoms with van der Waals surface area (Å²) in [6.07, 6.45) is 1.57. The van der Waals surface area contributed by atoms with Crippen LogP contribution in [0, 0.1) is 0 Å². The Balaban J connectivity index is 1.64. The molecule has 1 aliphatic rings. The second kappa shape index (κ2) is 8.07. The highest BCUT2D eigenvalue weighted by atomic mass is 16.5. The molecule has 4 aromatic rings. The molecule has 1 unspecified atom stereocenters. The van der Waals surface area contributed by atoms with Crippen LogP contribution < -0.4 is 15.4 Å². The van der Waals surface area contributed by atoms with Crippen molar-refractivity contribution in [1.82, 2.24) is 14.8 Å². The summed E-state index contributed by atoms with van der Waals surface area (Å²) in [6, 6.07) is 19.9. The van der Waals surface area contributed by atoms with Crippen molar-refractivity contribution in [2.24, 2.45) is 0 Å². The predicted octanol–water partition coefficient (Wildman–Crippen LogP) is 4.47. The highest BCUT2D eigenvalue weighted by Crippen LogP contribution is 2.40. The standard InChI is InChI=1S/C24H21N5O3/c1-15-20(23(30)26-16-9-4-3-5-10-16)21(17-11-6-7-12-18(17)31-2)29-24(25-15)27-22(28-29)19-13-8-14-32-19/h3-14,21H,1-2H3,(H,26,30)(H,25,27,28). The molecule has 160 valence electrons. The van der Waals surface area contributed by atoms with E-state index in [4.69, 9.17) is 9.15 Å². The molecule has 8 nitrogen and oxygen atoms in total. The van der Waals surface area contributed by atoms with Crippen LogP contribution in [0.15, 0.2) is 88.7 Å². The van der Waals surface area contributed by atoms with Gasteiger partial charge in [0.25, 0.3) is 5.91 Å². The zero-order chi connectivity index (χ0) is 22.1. The first-order chi connectivity index (χ1) is 15.7. The third-order valence-corrected chi connectivity index (χ3v) is 5.30. The summed E-state index contributed by atoms with van der Waals surface area (Å²) < 4.78 is 12.8. The molecule has 0 saturated heterocycles. The molecule has 8 heteroatoms. The molecule has 3 heterocycles. The number of furan rings is 1. The number of amides is 1. The van der Waals surface area contributed by atoms with E-state index in [1.807, 2.05) is 61.5 Å². The number of hydrogen-bond acceptors (Lipinski definition) is 6. The number of anilines is 2. The Bertz CT molecular complexity index is 1290. The fourth-order valence-electron chi connectivity index (χ4n) is 3.86. The summed E-state index contributed by atoms with van der Waals surface area (Å²) in [7, 11) is 1.61. The maximum absolute atomic E-state index is 13.5. The number of carbonyl (C=O) groups is 1. The van der Waals surface area contributed by atoms with Gasteiger partial charge in [0.05, 0.1) is 18.9 Å². The first-order valence-electron chi connectivity index (χ1n) is 10.1.